The van der Waals surface area contributed by atoms with Gasteiger partial charge in [-0.15, -0.1) is 0 Å². The topological polar surface area (TPSA) is 9.23 Å². The van der Waals surface area contributed by atoms with Crippen LogP contribution in [0.2, 0.25) is 0 Å². The van der Waals surface area contributed by atoms with Crippen molar-refractivity contribution in [3.05, 3.63) is 42.0 Å². The Morgan fingerprint density at radius 3 is 2.33 bits per heavy atom. The number of halogens is 2. The van der Waals surface area contributed by atoms with Crippen LogP contribution in [0.25, 0.3) is 10.8 Å². The zero-order valence-electron chi connectivity index (χ0n) is 16.4. The molecule has 148 valence electrons. The van der Waals surface area contributed by atoms with Gasteiger partial charge in [-0.3, -0.25) is 0 Å². The molecule has 3 heteroatoms. The van der Waals surface area contributed by atoms with Crippen LogP contribution in [0.1, 0.15) is 82.6 Å². The smallest absolute Gasteiger partial charge is 0.387 e. The summed E-state index contributed by atoms with van der Waals surface area (Å²) < 4.78 is 29.2. The fraction of sp³-hybridized carbons (Fsp3) is 0.583. The van der Waals surface area contributed by atoms with E-state index in [0.717, 1.165) is 16.7 Å². The van der Waals surface area contributed by atoms with Gasteiger partial charge in [0.25, 0.3) is 0 Å². The van der Waals surface area contributed by atoms with Gasteiger partial charge < -0.3 is 4.74 Å². The van der Waals surface area contributed by atoms with Crippen molar-refractivity contribution in [3.8, 4) is 5.75 Å². The molecule has 1 aliphatic rings. The molecule has 2 aromatic carbocycles. The van der Waals surface area contributed by atoms with Crippen LogP contribution >= 0.6 is 0 Å². The molecule has 0 amide bonds. The quantitative estimate of drug-likeness (QED) is 0.403. The van der Waals surface area contributed by atoms with E-state index in [4.69, 9.17) is 0 Å². The summed E-state index contributed by atoms with van der Waals surface area (Å²) in [6, 6.07) is 11.7. The minimum Gasteiger partial charge on any atom is -0.435 e. The van der Waals surface area contributed by atoms with E-state index in [9.17, 15) is 8.78 Å². The first-order valence-corrected chi connectivity index (χ1v) is 10.6. The molecular weight excluding hydrogens is 342 g/mol. The lowest BCUT2D eigenvalue weighted by Gasteiger charge is -2.29. The van der Waals surface area contributed by atoms with Gasteiger partial charge in [-0.2, -0.15) is 8.78 Å². The van der Waals surface area contributed by atoms with E-state index in [0.29, 0.717) is 5.92 Å². The molecule has 0 spiro atoms. The molecule has 1 aliphatic carbocycles. The number of hydrogen-bond acceptors (Lipinski definition) is 1. The van der Waals surface area contributed by atoms with E-state index in [2.05, 4.69) is 23.8 Å². The molecule has 27 heavy (non-hydrogen) atoms. The molecule has 1 fully saturated rings. The Morgan fingerprint density at radius 1 is 0.889 bits per heavy atom. The van der Waals surface area contributed by atoms with Crippen molar-refractivity contribution in [2.24, 2.45) is 5.92 Å². The summed E-state index contributed by atoms with van der Waals surface area (Å²) in [5.41, 5.74) is 1.39. The second kappa shape index (κ2) is 10.1. The highest BCUT2D eigenvalue weighted by molar-refractivity contribution is 5.84. The number of unbranched alkanes of at least 4 members (excludes halogenated alkanes) is 4. The van der Waals surface area contributed by atoms with Gasteiger partial charge >= 0.3 is 6.61 Å². The third kappa shape index (κ3) is 5.92. The van der Waals surface area contributed by atoms with Gasteiger partial charge in [-0.05, 0) is 66.0 Å². The molecular formula is C24H32F2O. The monoisotopic (exact) mass is 374 g/mol. The Kier molecular flexibility index (Phi) is 7.49. The number of ether oxygens (including phenoxy) is 1. The van der Waals surface area contributed by atoms with Gasteiger partial charge in [-0.25, -0.2) is 0 Å². The molecule has 1 saturated carbocycles. The molecule has 0 unspecified atom stereocenters. The molecule has 0 saturated heterocycles. The second-order valence-corrected chi connectivity index (χ2v) is 8.07. The molecule has 0 N–H and O–H groups in total. The maximum absolute atomic E-state index is 12.4. The minimum atomic E-state index is -2.77. The molecule has 0 heterocycles. The van der Waals surface area contributed by atoms with Gasteiger partial charge in [0.05, 0.1) is 0 Å². The van der Waals surface area contributed by atoms with Crippen LogP contribution in [0.3, 0.4) is 0 Å². The van der Waals surface area contributed by atoms with Crippen molar-refractivity contribution < 1.29 is 13.5 Å². The molecule has 0 bridgehead atoms. The lowest BCUT2D eigenvalue weighted by Crippen LogP contribution is -2.13. The van der Waals surface area contributed by atoms with E-state index in [1.165, 1.54) is 69.8 Å². The number of rotatable bonds is 9. The number of fused-ring (bicyclic) bond motifs is 1. The fourth-order valence-corrected chi connectivity index (χ4v) is 4.49. The summed E-state index contributed by atoms with van der Waals surface area (Å²) in [7, 11) is 0. The highest BCUT2D eigenvalue weighted by atomic mass is 19.3. The van der Waals surface area contributed by atoms with E-state index < -0.39 is 6.61 Å². The highest BCUT2D eigenvalue weighted by Gasteiger charge is 2.22. The number of alkyl halides is 2. The van der Waals surface area contributed by atoms with Crippen LogP contribution < -0.4 is 4.74 Å². The number of hydrogen-bond donors (Lipinski definition) is 0. The SMILES string of the molecule is CCCCCCCC1CCC(c2ccc3cc(OC(F)F)ccc3c2)CC1. The first-order valence-electron chi connectivity index (χ1n) is 10.6. The van der Waals surface area contributed by atoms with Gasteiger partial charge in [0.2, 0.25) is 0 Å². The molecule has 0 aliphatic heterocycles. The normalized spacial score (nSPS) is 20.3. The van der Waals surface area contributed by atoms with E-state index in [1.807, 2.05) is 12.1 Å². The summed E-state index contributed by atoms with van der Waals surface area (Å²) >= 11 is 0. The van der Waals surface area contributed by atoms with Gasteiger partial charge in [-0.1, -0.05) is 69.7 Å². The Hall–Kier alpha value is -1.64. The lowest BCUT2D eigenvalue weighted by molar-refractivity contribution is -0.0497. The zero-order valence-corrected chi connectivity index (χ0v) is 16.4. The van der Waals surface area contributed by atoms with Gasteiger partial charge in [0, 0.05) is 0 Å². The van der Waals surface area contributed by atoms with Crippen molar-refractivity contribution >= 4 is 10.8 Å². The molecule has 2 aromatic rings. The van der Waals surface area contributed by atoms with Crippen LogP contribution in [0.15, 0.2) is 36.4 Å². The Balaban J connectivity index is 1.52. The van der Waals surface area contributed by atoms with Crippen LogP contribution in [-0.4, -0.2) is 6.61 Å². The Bertz CT molecular complexity index is 705. The average molecular weight is 375 g/mol. The average Bonchev–Trinajstić information content (AvgIpc) is 2.67. The largest absolute Gasteiger partial charge is 0.435 e. The summed E-state index contributed by atoms with van der Waals surface area (Å²) in [6.45, 7) is -0.506. The van der Waals surface area contributed by atoms with Crippen LogP contribution in [0.5, 0.6) is 5.75 Å². The molecule has 0 radical (unpaired) electrons. The second-order valence-electron chi connectivity index (χ2n) is 8.07. The van der Waals surface area contributed by atoms with E-state index in [-0.39, 0.29) is 5.75 Å². The summed E-state index contributed by atoms with van der Waals surface area (Å²) in [4.78, 5) is 0. The summed E-state index contributed by atoms with van der Waals surface area (Å²) in [5, 5.41) is 2.06. The van der Waals surface area contributed by atoms with Crippen LogP contribution in [0.4, 0.5) is 8.78 Å². The van der Waals surface area contributed by atoms with Crippen molar-refractivity contribution in [2.45, 2.75) is 83.7 Å². The highest BCUT2D eigenvalue weighted by Crippen LogP contribution is 2.38. The molecule has 0 aromatic heterocycles. The molecule has 1 nitrogen and oxygen atoms in total. The van der Waals surface area contributed by atoms with Crippen molar-refractivity contribution in [3.63, 3.8) is 0 Å². The van der Waals surface area contributed by atoms with Gasteiger partial charge in [0.1, 0.15) is 5.75 Å². The van der Waals surface area contributed by atoms with Crippen molar-refractivity contribution in [2.75, 3.05) is 0 Å². The maximum atomic E-state index is 12.4. The summed E-state index contributed by atoms with van der Waals surface area (Å²) in [5.74, 6) is 1.78. The maximum Gasteiger partial charge on any atom is 0.387 e. The fourth-order valence-electron chi connectivity index (χ4n) is 4.49. The summed E-state index contributed by atoms with van der Waals surface area (Å²) in [6.07, 6.45) is 13.5. The third-order valence-corrected chi connectivity index (χ3v) is 6.10. The Morgan fingerprint density at radius 2 is 1.59 bits per heavy atom. The van der Waals surface area contributed by atoms with E-state index in [1.54, 1.807) is 12.1 Å². The lowest BCUT2D eigenvalue weighted by atomic mass is 9.77. The van der Waals surface area contributed by atoms with Crippen LogP contribution in [0, 0.1) is 5.92 Å². The predicted octanol–water partition coefficient (Wildman–Crippen LogP) is 8.08. The zero-order chi connectivity index (χ0) is 19.1. The minimum absolute atomic E-state index is 0.227. The van der Waals surface area contributed by atoms with Gasteiger partial charge in [0.15, 0.2) is 0 Å². The molecule has 0 atom stereocenters. The Labute approximate surface area is 162 Å². The first kappa shape index (κ1) is 20.1. The standard InChI is InChI=1S/C24H32F2O/c1-2-3-4-5-6-7-18-8-10-19(11-9-18)20-12-13-22-17-23(27-24(25)26)15-14-21(22)16-20/h12-19,24H,2-11H2,1H3. The number of benzene rings is 2. The predicted molar refractivity (Wildman–Crippen MR) is 109 cm³/mol. The molecule has 3 rings (SSSR count). The van der Waals surface area contributed by atoms with Crippen molar-refractivity contribution in [1.29, 1.82) is 0 Å². The van der Waals surface area contributed by atoms with Crippen LogP contribution in [-0.2, 0) is 0 Å². The van der Waals surface area contributed by atoms with Crippen molar-refractivity contribution in [1.82, 2.24) is 0 Å². The first-order chi connectivity index (χ1) is 13.2. The third-order valence-electron chi connectivity index (χ3n) is 6.10. The van der Waals surface area contributed by atoms with E-state index >= 15 is 0 Å².